The molecule has 4 fully saturated rings. The Kier molecular flexibility index (Phi) is 31.6. The molecule has 2 aromatic heterocycles. The highest BCUT2D eigenvalue weighted by molar-refractivity contribution is 5.95. The zero-order chi connectivity index (χ0) is 69.8. The van der Waals surface area contributed by atoms with Gasteiger partial charge < -0.3 is 39.7 Å². The van der Waals surface area contributed by atoms with Crippen LogP contribution in [0.5, 0.6) is 11.5 Å². The number of rotatable bonds is 23. The molecule has 95 heavy (non-hydrogen) atoms. The van der Waals surface area contributed by atoms with Crippen molar-refractivity contribution in [3.8, 4) is 11.5 Å². The van der Waals surface area contributed by atoms with Crippen molar-refractivity contribution in [3.63, 3.8) is 0 Å². The van der Waals surface area contributed by atoms with E-state index in [2.05, 4.69) is 85.4 Å². The summed E-state index contributed by atoms with van der Waals surface area (Å²) in [6.07, 6.45) is 14.2. The Labute approximate surface area is 561 Å². The maximum Gasteiger partial charge on any atom is 0.411 e. The fraction of sp³-hybridized carbons (Fsp3) is 0.528. The minimum atomic E-state index is -0.627. The van der Waals surface area contributed by atoms with Gasteiger partial charge in [0.2, 0.25) is 17.7 Å². The number of anilines is 1. The van der Waals surface area contributed by atoms with Gasteiger partial charge in [0.05, 0.1) is 30.5 Å². The first kappa shape index (κ1) is 77.3. The number of nitrogens with zero attached hydrogens (tertiary/aromatic N) is 10. The average molecular weight is 1310 g/mol. The summed E-state index contributed by atoms with van der Waals surface area (Å²) in [4.78, 5) is 100. The smallest absolute Gasteiger partial charge is 0.411 e. The second-order valence-electron chi connectivity index (χ2n) is 25.5. The van der Waals surface area contributed by atoms with Crippen LogP contribution in [-0.4, -0.2) is 215 Å². The van der Waals surface area contributed by atoms with E-state index < -0.39 is 23.4 Å². The highest BCUT2D eigenvalue weighted by Gasteiger charge is 2.38. The van der Waals surface area contributed by atoms with Crippen molar-refractivity contribution in [1.29, 1.82) is 0 Å². The number of halogens is 1. The number of aromatic amines is 1. The monoisotopic (exact) mass is 1310 g/mol. The lowest BCUT2D eigenvalue weighted by Crippen LogP contribution is -2.52. The second-order valence-corrected chi connectivity index (χ2v) is 25.5. The molecule has 8 rings (SSSR count). The molecule has 2 atom stereocenters. The highest BCUT2D eigenvalue weighted by atomic mass is 19.1. The Hall–Kier alpha value is -8.41. The zero-order valence-electron chi connectivity index (χ0n) is 58.1. The van der Waals surface area contributed by atoms with Gasteiger partial charge in [-0.1, -0.05) is 76.8 Å². The van der Waals surface area contributed by atoms with Crippen molar-refractivity contribution >= 4 is 53.5 Å². The third-order valence-electron chi connectivity index (χ3n) is 16.5. The molecule has 1 saturated carbocycles. The summed E-state index contributed by atoms with van der Waals surface area (Å²) in [7, 11) is 1.60. The molecule has 4 aromatic rings. The van der Waals surface area contributed by atoms with Crippen molar-refractivity contribution in [2.75, 3.05) is 117 Å². The van der Waals surface area contributed by atoms with Gasteiger partial charge in [-0.25, -0.2) is 14.3 Å². The van der Waals surface area contributed by atoms with E-state index in [-0.39, 0.29) is 59.6 Å². The molecule has 2 unspecified atom stereocenters. The summed E-state index contributed by atoms with van der Waals surface area (Å²) in [5.74, 6) is 1.67. The third-order valence-corrected chi connectivity index (χ3v) is 16.5. The Morgan fingerprint density at radius 3 is 2.16 bits per heavy atom. The van der Waals surface area contributed by atoms with E-state index in [9.17, 15) is 33.6 Å². The number of piperazine rings is 2. The molecule has 3 aliphatic heterocycles. The predicted octanol–water partition coefficient (Wildman–Crippen LogP) is 7.09. The first-order valence-corrected chi connectivity index (χ1v) is 33.3. The summed E-state index contributed by atoms with van der Waals surface area (Å²) < 4.78 is 27.2. The molecule has 5 amide bonds. The summed E-state index contributed by atoms with van der Waals surface area (Å²) in [6, 6.07) is 14.9. The first-order chi connectivity index (χ1) is 45.4. The van der Waals surface area contributed by atoms with Gasteiger partial charge in [-0.3, -0.25) is 43.5 Å². The minimum Gasteiger partial charge on any atom is -0.456 e. The number of H-pyrrole nitrogens is 1. The van der Waals surface area contributed by atoms with Crippen LogP contribution in [0.15, 0.2) is 97.5 Å². The number of Topliss-reactive ketones (excluding diaryl/α,β-unsaturated/α-hetero) is 1. The lowest BCUT2D eigenvalue weighted by molar-refractivity contribution is -0.134. The van der Waals surface area contributed by atoms with Gasteiger partial charge in [0.15, 0.2) is 11.6 Å². The molecular formula is C72H104FN13O9. The number of amides is 5. The van der Waals surface area contributed by atoms with E-state index in [0.29, 0.717) is 97.5 Å². The zero-order valence-corrected chi connectivity index (χ0v) is 58.1. The normalized spacial score (nSPS) is 16.6. The summed E-state index contributed by atoms with van der Waals surface area (Å²) in [6.45, 7) is 38.0. The van der Waals surface area contributed by atoms with E-state index in [0.717, 1.165) is 89.3 Å². The van der Waals surface area contributed by atoms with E-state index >= 15 is 4.39 Å². The minimum absolute atomic E-state index is 0.0205. The molecule has 0 spiro atoms. The molecular weight excluding hydrogens is 1210 g/mol. The fourth-order valence-corrected chi connectivity index (χ4v) is 11.2. The summed E-state index contributed by atoms with van der Waals surface area (Å²) >= 11 is 0. The molecule has 3 N–H and O–H groups in total. The number of hydrogen-bond acceptors (Lipinski definition) is 16. The average Bonchev–Trinajstić information content (AvgIpc) is 1.39. The van der Waals surface area contributed by atoms with Crippen molar-refractivity contribution in [3.05, 3.63) is 142 Å². The molecule has 0 bridgehead atoms. The van der Waals surface area contributed by atoms with E-state index in [4.69, 9.17) is 9.47 Å². The molecule has 23 heteroatoms. The number of benzene rings is 2. The van der Waals surface area contributed by atoms with Gasteiger partial charge >= 0.3 is 6.09 Å². The van der Waals surface area contributed by atoms with Gasteiger partial charge in [-0.2, -0.15) is 10.2 Å². The van der Waals surface area contributed by atoms with E-state index in [1.165, 1.54) is 12.1 Å². The van der Waals surface area contributed by atoms with Gasteiger partial charge in [0.25, 0.3) is 11.5 Å². The number of likely N-dealkylation sites (tertiary alicyclic amines) is 1. The number of ketones is 1. The number of carbonyl (C=O) groups excluding carboxylic acids is 6. The number of ether oxygens (including phenoxy) is 2. The largest absolute Gasteiger partial charge is 0.456 e. The number of allylic oxidation sites excluding steroid dienone is 2. The maximum atomic E-state index is 15.2. The summed E-state index contributed by atoms with van der Waals surface area (Å²) in [5, 5.41) is 22.1. The number of aromatic nitrogens is 4. The lowest BCUT2D eigenvalue weighted by Gasteiger charge is -2.37. The van der Waals surface area contributed by atoms with Crippen molar-refractivity contribution < 1.29 is 42.6 Å². The number of hydrogen-bond donors (Lipinski definition) is 3. The van der Waals surface area contributed by atoms with Gasteiger partial charge in [0, 0.05) is 120 Å². The molecule has 0 radical (unpaired) electrons. The van der Waals surface area contributed by atoms with Crippen LogP contribution in [0.1, 0.15) is 134 Å². The molecule has 2 aromatic carbocycles. The molecule has 518 valence electrons. The molecule has 22 nitrogen and oxygen atoms in total. The Morgan fingerprint density at radius 1 is 0.863 bits per heavy atom. The van der Waals surface area contributed by atoms with Crippen LogP contribution in [0.4, 0.5) is 15.0 Å². The highest BCUT2D eigenvalue weighted by Crippen LogP contribution is 2.33. The predicted molar refractivity (Wildman–Crippen MR) is 372 cm³/mol. The van der Waals surface area contributed by atoms with Crippen LogP contribution in [0.25, 0.3) is 12.2 Å². The van der Waals surface area contributed by atoms with Crippen molar-refractivity contribution in [1.82, 2.24) is 60.4 Å². The van der Waals surface area contributed by atoms with Gasteiger partial charge in [-0.05, 0) is 134 Å². The lowest BCUT2D eigenvalue weighted by atomic mass is 9.90. The van der Waals surface area contributed by atoms with E-state index in [1.54, 1.807) is 85.2 Å². The Balaban J connectivity index is 0.000000851. The van der Waals surface area contributed by atoms with Crippen LogP contribution in [0.3, 0.4) is 0 Å². The van der Waals surface area contributed by atoms with Crippen molar-refractivity contribution in [2.24, 2.45) is 5.92 Å². The van der Waals surface area contributed by atoms with Crippen LogP contribution >= 0.6 is 0 Å². The second kappa shape index (κ2) is 38.8. The number of piperidine rings is 1. The number of carbonyl (C=O) groups is 6. The topological polar surface area (TPSA) is 239 Å². The van der Waals surface area contributed by atoms with E-state index in [1.807, 2.05) is 63.8 Å². The molecule has 3 saturated heterocycles. The Bertz CT molecular complexity index is 3410. The third kappa shape index (κ3) is 25.4. The van der Waals surface area contributed by atoms with Gasteiger partial charge in [0.1, 0.15) is 29.5 Å². The van der Waals surface area contributed by atoms with Crippen molar-refractivity contribution in [2.45, 2.75) is 131 Å². The van der Waals surface area contributed by atoms with Crippen LogP contribution < -0.4 is 36.3 Å². The SMILES string of the molecule is C/C=C/C(=O)NC.C=C.C=C/C=c1/c(Cc2ccc(F)c(C(=O)N3CCN(C(=O)CN(CC)CCC(C)CN4CCN(c5cc(Oc6cccc(C7CCCN(C(=O)CN(C(=O)OC(C)(C)C)C8CC8)C7)c6)cnn5)CC4)CC3)c2)n[nH]c(=O)/c1=C/C.CC(=O)CNC(C)C. The first-order valence-electron chi connectivity index (χ1n) is 33.3. The molecule has 4 aliphatic rings. The van der Waals surface area contributed by atoms with Crippen LogP contribution in [0, 0.1) is 11.7 Å². The quantitative estimate of drug-likeness (QED) is 0.0496. The number of nitrogens with one attached hydrogen (secondary N) is 3. The molecule has 5 heterocycles. The summed E-state index contributed by atoms with van der Waals surface area (Å²) in [5.41, 5.74) is 1.35. The maximum absolute atomic E-state index is 15.2. The van der Waals surface area contributed by atoms with Crippen LogP contribution in [0.2, 0.25) is 0 Å². The Morgan fingerprint density at radius 2 is 1.56 bits per heavy atom. The molecule has 1 aliphatic carbocycles. The van der Waals surface area contributed by atoms with Gasteiger partial charge in [-0.15, -0.1) is 18.3 Å². The van der Waals surface area contributed by atoms with Crippen LogP contribution in [-0.2, 0) is 30.3 Å². The number of likely N-dealkylation sites (N-methyl/N-ethyl adjacent to an activating group) is 2. The standard InChI is InChI=1S/C59H78FN11O7.C6H13NO.C5H9NO.C2H4/c1-8-13-49-48(9-2)56(74)64-62-52(49)33-42-17-20-51(60)50(32-42)57(75)69-30-28-68(29-31-69)54(72)39-65(10-3)23-21-41(4)37-66-24-26-67(27-25-66)53-35-47(36-61-63-53)77-46-16-11-14-43(34-46)44-15-12-22-70(38-44)55(73)40-71(45-18-19-45)58(76)78-59(5,6)7;1-5(2)7-4-6(3)8;1-3-4-5(7)6-2;1-2/h8-9,11,13-14,16-17,20,32,34-36,41,44-45H,1,10,12,15,18-19,21-31,33,37-40H2,2-7H3,(H,64,74);5,7H,4H2,1-3H3;3-4H,1-2H3,(H,6,7);1-2H2/b48-9+,49-13+;;4-3+;. The fourth-order valence-electron chi connectivity index (χ4n) is 11.2.